The third-order valence-corrected chi connectivity index (χ3v) is 3.95. The molecule has 2 rings (SSSR count). The second kappa shape index (κ2) is 9.00. The van der Waals surface area contributed by atoms with Crippen molar-refractivity contribution in [1.29, 1.82) is 0 Å². The Morgan fingerprint density at radius 3 is 2.71 bits per heavy atom. The Morgan fingerprint density at radius 1 is 1.43 bits per heavy atom. The molecule has 0 aliphatic heterocycles. The second-order valence-electron chi connectivity index (χ2n) is 5.54. The van der Waals surface area contributed by atoms with Gasteiger partial charge in [-0.3, -0.25) is 4.79 Å². The topological polar surface area (TPSA) is 94.0 Å². The molecule has 3 N–H and O–H groups in total. The molecule has 1 aromatic heterocycles. The van der Waals surface area contributed by atoms with Crippen molar-refractivity contribution >= 4 is 18.3 Å². The van der Waals surface area contributed by atoms with Gasteiger partial charge in [0.25, 0.3) is 0 Å². The zero-order chi connectivity index (χ0) is 14.4. The highest BCUT2D eigenvalue weighted by atomic mass is 35.5. The normalized spacial score (nSPS) is 17.0. The van der Waals surface area contributed by atoms with Crippen molar-refractivity contribution in [2.24, 2.45) is 11.7 Å². The van der Waals surface area contributed by atoms with E-state index in [1.807, 2.05) is 0 Å². The summed E-state index contributed by atoms with van der Waals surface area (Å²) in [5.41, 5.74) is 5.81. The summed E-state index contributed by atoms with van der Waals surface area (Å²) in [6.45, 7) is 2.27. The summed E-state index contributed by atoms with van der Waals surface area (Å²) in [6.07, 6.45) is 6.99. The smallest absolute Gasteiger partial charge is 0.227 e. The van der Waals surface area contributed by atoms with Crippen LogP contribution in [0.3, 0.4) is 0 Å². The van der Waals surface area contributed by atoms with Crippen molar-refractivity contribution in [3.8, 4) is 0 Å². The van der Waals surface area contributed by atoms with Gasteiger partial charge < -0.3 is 15.6 Å². The molecule has 0 bridgehead atoms. The molecule has 21 heavy (non-hydrogen) atoms. The first-order valence-corrected chi connectivity index (χ1v) is 7.47. The molecule has 0 aromatic carbocycles. The van der Waals surface area contributed by atoms with Gasteiger partial charge >= 0.3 is 0 Å². The first-order chi connectivity index (χ1) is 9.69. The zero-order valence-electron chi connectivity index (χ0n) is 12.5. The second-order valence-corrected chi connectivity index (χ2v) is 5.54. The van der Waals surface area contributed by atoms with E-state index in [4.69, 9.17) is 10.3 Å². The molecule has 1 unspecified atom stereocenters. The Bertz CT molecular complexity index is 432. The molecule has 1 saturated carbocycles. The van der Waals surface area contributed by atoms with Crippen molar-refractivity contribution in [1.82, 2.24) is 15.5 Å². The third kappa shape index (κ3) is 5.63. The molecule has 6 nitrogen and oxygen atoms in total. The van der Waals surface area contributed by atoms with Crippen molar-refractivity contribution in [3.05, 3.63) is 11.7 Å². The van der Waals surface area contributed by atoms with E-state index in [1.54, 1.807) is 6.92 Å². The quantitative estimate of drug-likeness (QED) is 0.834. The molecule has 0 radical (unpaired) electrons. The highest BCUT2D eigenvalue weighted by Gasteiger charge is 2.23. The lowest BCUT2D eigenvalue weighted by atomic mass is 9.84. The Labute approximate surface area is 131 Å². The molecule has 0 spiro atoms. The number of nitrogens with zero attached hydrogens (tertiary/aromatic N) is 2. The van der Waals surface area contributed by atoms with Crippen LogP contribution in [0.2, 0.25) is 0 Å². The van der Waals surface area contributed by atoms with Crippen LogP contribution in [0.1, 0.15) is 50.2 Å². The predicted octanol–water partition coefficient (Wildman–Crippen LogP) is 1.76. The van der Waals surface area contributed by atoms with Gasteiger partial charge in [0.2, 0.25) is 11.8 Å². The van der Waals surface area contributed by atoms with Gasteiger partial charge in [0.1, 0.15) is 0 Å². The van der Waals surface area contributed by atoms with Gasteiger partial charge in [-0.15, -0.1) is 12.4 Å². The number of nitrogens with two attached hydrogens (primary N) is 1. The summed E-state index contributed by atoms with van der Waals surface area (Å²) in [5, 5.41) is 6.77. The Kier molecular flexibility index (Phi) is 7.67. The minimum atomic E-state index is 0. The molecule has 120 valence electrons. The maximum Gasteiger partial charge on any atom is 0.227 e. The minimum Gasteiger partial charge on any atom is -0.352 e. The van der Waals surface area contributed by atoms with Crippen LogP contribution in [-0.4, -0.2) is 28.6 Å². The van der Waals surface area contributed by atoms with Crippen LogP contribution in [0.5, 0.6) is 0 Å². The molecule has 1 amide bonds. The van der Waals surface area contributed by atoms with Crippen LogP contribution in [0.4, 0.5) is 0 Å². The molecule has 7 heteroatoms. The van der Waals surface area contributed by atoms with E-state index in [0.29, 0.717) is 37.0 Å². The average molecular weight is 317 g/mol. The number of aromatic nitrogens is 2. The molecule has 1 aromatic rings. The van der Waals surface area contributed by atoms with Crippen LogP contribution in [0.25, 0.3) is 0 Å². The number of hydrogen-bond donors (Lipinski definition) is 2. The first-order valence-electron chi connectivity index (χ1n) is 7.47. The maximum absolute atomic E-state index is 12.0. The average Bonchev–Trinajstić information content (AvgIpc) is 2.89. The van der Waals surface area contributed by atoms with E-state index >= 15 is 0 Å². The third-order valence-electron chi connectivity index (χ3n) is 3.95. The lowest BCUT2D eigenvalue weighted by Crippen LogP contribution is -2.46. The number of halogens is 1. The van der Waals surface area contributed by atoms with Crippen LogP contribution >= 0.6 is 12.4 Å². The fourth-order valence-electron chi connectivity index (χ4n) is 2.85. The van der Waals surface area contributed by atoms with E-state index in [1.165, 1.54) is 32.1 Å². The number of amides is 1. The monoisotopic (exact) mass is 316 g/mol. The minimum absolute atomic E-state index is 0. The molecule has 1 fully saturated rings. The highest BCUT2D eigenvalue weighted by Crippen LogP contribution is 2.26. The fraction of sp³-hybridized carbons (Fsp3) is 0.786. The van der Waals surface area contributed by atoms with E-state index in [-0.39, 0.29) is 24.4 Å². The van der Waals surface area contributed by atoms with E-state index < -0.39 is 0 Å². The number of rotatable bonds is 6. The van der Waals surface area contributed by atoms with E-state index in [0.717, 1.165) is 0 Å². The Hall–Kier alpha value is -1.14. The summed E-state index contributed by atoms with van der Waals surface area (Å²) in [4.78, 5) is 16.1. The van der Waals surface area contributed by atoms with Crippen LogP contribution in [-0.2, 0) is 11.2 Å². The molecule has 1 atom stereocenters. The first kappa shape index (κ1) is 17.9. The summed E-state index contributed by atoms with van der Waals surface area (Å²) in [7, 11) is 0. The number of nitrogens with one attached hydrogen (secondary N) is 1. The number of carbonyl (C=O) groups excluding carboxylic acids is 1. The van der Waals surface area contributed by atoms with Gasteiger partial charge in [0, 0.05) is 25.4 Å². The lowest BCUT2D eigenvalue weighted by molar-refractivity contribution is -0.122. The van der Waals surface area contributed by atoms with Crippen molar-refractivity contribution in [2.45, 2.75) is 57.9 Å². The Balaban J connectivity index is 0.00000220. The Morgan fingerprint density at radius 2 is 2.14 bits per heavy atom. The molecular weight excluding hydrogens is 292 g/mol. The summed E-state index contributed by atoms with van der Waals surface area (Å²) >= 11 is 0. The molecule has 1 aliphatic carbocycles. The van der Waals surface area contributed by atoms with Crippen LogP contribution in [0.15, 0.2) is 4.52 Å². The largest absolute Gasteiger partial charge is 0.352 e. The summed E-state index contributed by atoms with van der Waals surface area (Å²) in [5.74, 6) is 1.66. The van der Waals surface area contributed by atoms with Crippen molar-refractivity contribution in [3.63, 3.8) is 0 Å². The summed E-state index contributed by atoms with van der Waals surface area (Å²) in [6, 6.07) is 0.104. The standard InChI is InChI=1S/C14H24N4O2.ClH/c1-10-16-14(20-18-10)8-7-13(19)17-12(9-15)11-5-3-2-4-6-11;/h11-12H,2-9,15H2,1H3,(H,17,19);1H. The summed E-state index contributed by atoms with van der Waals surface area (Å²) < 4.78 is 5.00. The van der Waals surface area contributed by atoms with Gasteiger partial charge in [-0.05, 0) is 25.7 Å². The predicted molar refractivity (Wildman–Crippen MR) is 82.2 cm³/mol. The fourth-order valence-corrected chi connectivity index (χ4v) is 2.85. The van der Waals surface area contributed by atoms with Crippen LogP contribution in [0, 0.1) is 12.8 Å². The van der Waals surface area contributed by atoms with E-state index in [9.17, 15) is 4.79 Å². The van der Waals surface area contributed by atoms with Gasteiger partial charge in [-0.25, -0.2) is 0 Å². The van der Waals surface area contributed by atoms with Crippen LogP contribution < -0.4 is 11.1 Å². The van der Waals surface area contributed by atoms with Crippen molar-refractivity contribution in [2.75, 3.05) is 6.54 Å². The molecule has 0 saturated heterocycles. The number of hydrogen-bond acceptors (Lipinski definition) is 5. The van der Waals surface area contributed by atoms with E-state index in [2.05, 4.69) is 15.5 Å². The lowest BCUT2D eigenvalue weighted by Gasteiger charge is -2.30. The van der Waals surface area contributed by atoms with Gasteiger partial charge in [-0.1, -0.05) is 24.4 Å². The van der Waals surface area contributed by atoms with Gasteiger partial charge in [-0.2, -0.15) is 4.98 Å². The number of carbonyl (C=O) groups is 1. The van der Waals surface area contributed by atoms with Gasteiger partial charge in [0.15, 0.2) is 5.82 Å². The number of aryl methyl sites for hydroxylation is 2. The van der Waals surface area contributed by atoms with Crippen molar-refractivity contribution < 1.29 is 9.32 Å². The highest BCUT2D eigenvalue weighted by molar-refractivity contribution is 5.85. The SMILES string of the molecule is Cc1noc(CCC(=O)NC(CN)C2CCCCC2)n1.Cl. The molecule has 1 aliphatic rings. The molecule has 1 heterocycles. The van der Waals surface area contributed by atoms with Gasteiger partial charge in [0.05, 0.1) is 0 Å². The molecular formula is C14H25ClN4O2. The maximum atomic E-state index is 12.0. The zero-order valence-corrected chi connectivity index (χ0v) is 13.3.